The lowest BCUT2D eigenvalue weighted by Crippen LogP contribution is -2.41. The van der Waals surface area contributed by atoms with Crippen LogP contribution in [-0.4, -0.2) is 61.4 Å². The second-order valence-corrected chi connectivity index (χ2v) is 8.15. The Morgan fingerprint density at radius 2 is 2.17 bits per heavy atom. The highest BCUT2D eigenvalue weighted by atomic mass is 32.2. The maximum Gasteiger partial charge on any atom is 0.246 e. The van der Waals surface area contributed by atoms with Crippen molar-refractivity contribution in [2.45, 2.75) is 49.6 Å². The van der Waals surface area contributed by atoms with Crippen LogP contribution in [0.2, 0.25) is 0 Å². The summed E-state index contributed by atoms with van der Waals surface area (Å²) in [6.07, 6.45) is 6.63. The van der Waals surface area contributed by atoms with Crippen molar-refractivity contribution in [3.05, 3.63) is 12.4 Å². The van der Waals surface area contributed by atoms with E-state index in [0.29, 0.717) is 24.7 Å². The van der Waals surface area contributed by atoms with E-state index in [1.54, 1.807) is 15.2 Å². The first-order valence-corrected chi connectivity index (χ1v) is 9.91. The predicted octanol–water partition coefficient (Wildman–Crippen LogP) is 0.997. The van der Waals surface area contributed by atoms with Crippen LogP contribution in [0.15, 0.2) is 17.3 Å². The molecule has 2 saturated heterocycles. The first-order valence-electron chi connectivity index (χ1n) is 8.47. The smallest absolute Gasteiger partial charge is 0.246 e. The molecule has 0 amide bonds. The fourth-order valence-corrected chi connectivity index (χ4v) is 5.03. The van der Waals surface area contributed by atoms with Gasteiger partial charge in [-0.25, -0.2) is 8.42 Å². The highest BCUT2D eigenvalue weighted by Gasteiger charge is 2.33. The Morgan fingerprint density at radius 1 is 1.39 bits per heavy atom. The molecule has 1 N–H and O–H groups in total. The molecule has 130 valence electrons. The van der Waals surface area contributed by atoms with Crippen LogP contribution < -0.4 is 5.32 Å². The normalized spacial score (nSPS) is 23.7. The van der Waals surface area contributed by atoms with Crippen LogP contribution in [0, 0.1) is 0 Å². The van der Waals surface area contributed by atoms with Crippen molar-refractivity contribution in [3.63, 3.8) is 0 Å². The SMILES string of the molecule is CCCN(C1CCNC1)S(=O)(=O)c1cnn(C2CCOCC2)c1. The molecule has 2 aliphatic rings. The molecular weight excluding hydrogens is 316 g/mol. The molecule has 0 aromatic carbocycles. The van der Waals surface area contributed by atoms with Gasteiger partial charge in [0.05, 0.1) is 12.2 Å². The molecule has 0 saturated carbocycles. The zero-order chi connectivity index (χ0) is 16.3. The summed E-state index contributed by atoms with van der Waals surface area (Å²) in [6.45, 7) is 5.59. The lowest BCUT2D eigenvalue weighted by Gasteiger charge is -2.26. The van der Waals surface area contributed by atoms with Crippen LogP contribution in [0.5, 0.6) is 0 Å². The van der Waals surface area contributed by atoms with E-state index < -0.39 is 10.0 Å². The Morgan fingerprint density at radius 3 is 2.83 bits per heavy atom. The van der Waals surface area contributed by atoms with Crippen LogP contribution >= 0.6 is 0 Å². The fourth-order valence-electron chi connectivity index (χ4n) is 3.34. The molecule has 1 aromatic rings. The van der Waals surface area contributed by atoms with Gasteiger partial charge in [0.1, 0.15) is 4.90 Å². The number of rotatable bonds is 6. The molecule has 3 heterocycles. The lowest BCUT2D eigenvalue weighted by atomic mass is 10.1. The Labute approximate surface area is 138 Å². The van der Waals surface area contributed by atoms with Crippen LogP contribution in [0.1, 0.15) is 38.6 Å². The number of sulfonamides is 1. The van der Waals surface area contributed by atoms with Gasteiger partial charge < -0.3 is 10.1 Å². The zero-order valence-corrected chi connectivity index (χ0v) is 14.5. The van der Waals surface area contributed by atoms with Gasteiger partial charge in [0.15, 0.2) is 0 Å². The fraction of sp³-hybridized carbons (Fsp3) is 0.800. The average Bonchev–Trinajstić information content (AvgIpc) is 3.25. The van der Waals surface area contributed by atoms with Crippen molar-refractivity contribution in [1.82, 2.24) is 19.4 Å². The van der Waals surface area contributed by atoms with Crippen molar-refractivity contribution in [3.8, 4) is 0 Å². The molecule has 0 radical (unpaired) electrons. The maximum atomic E-state index is 13.0. The van der Waals surface area contributed by atoms with Crippen LogP contribution in [0.3, 0.4) is 0 Å². The molecule has 0 spiro atoms. The minimum atomic E-state index is -3.49. The summed E-state index contributed by atoms with van der Waals surface area (Å²) < 4.78 is 34.9. The Kier molecular flexibility index (Phi) is 5.35. The monoisotopic (exact) mass is 342 g/mol. The largest absolute Gasteiger partial charge is 0.381 e. The highest BCUT2D eigenvalue weighted by Crippen LogP contribution is 2.25. The van der Waals surface area contributed by atoms with Crippen molar-refractivity contribution >= 4 is 10.0 Å². The third-order valence-electron chi connectivity index (χ3n) is 4.63. The van der Waals surface area contributed by atoms with E-state index in [1.165, 1.54) is 6.20 Å². The Bertz CT molecular complexity index is 604. The average molecular weight is 342 g/mol. The van der Waals surface area contributed by atoms with Crippen LogP contribution in [0.25, 0.3) is 0 Å². The number of hydrogen-bond acceptors (Lipinski definition) is 5. The maximum absolute atomic E-state index is 13.0. The quantitative estimate of drug-likeness (QED) is 0.834. The van der Waals surface area contributed by atoms with Crippen molar-refractivity contribution in [2.24, 2.45) is 0 Å². The summed E-state index contributed by atoms with van der Waals surface area (Å²) >= 11 is 0. The summed E-state index contributed by atoms with van der Waals surface area (Å²) in [5.74, 6) is 0. The van der Waals surface area contributed by atoms with E-state index in [2.05, 4.69) is 10.4 Å². The third-order valence-corrected chi connectivity index (χ3v) is 6.54. The molecule has 1 atom stereocenters. The van der Waals surface area contributed by atoms with Gasteiger partial charge >= 0.3 is 0 Å². The predicted molar refractivity (Wildman–Crippen MR) is 86.8 cm³/mol. The van der Waals surface area contributed by atoms with Gasteiger partial charge in [0.25, 0.3) is 0 Å². The van der Waals surface area contributed by atoms with Gasteiger partial charge in [-0.05, 0) is 32.2 Å². The highest BCUT2D eigenvalue weighted by molar-refractivity contribution is 7.89. The first-order chi connectivity index (χ1) is 11.1. The van der Waals surface area contributed by atoms with Gasteiger partial charge in [-0.3, -0.25) is 4.68 Å². The second-order valence-electron chi connectivity index (χ2n) is 6.26. The number of aromatic nitrogens is 2. The number of ether oxygens (including phenoxy) is 1. The van der Waals surface area contributed by atoms with E-state index >= 15 is 0 Å². The van der Waals surface area contributed by atoms with Crippen molar-refractivity contribution in [2.75, 3.05) is 32.8 Å². The topological polar surface area (TPSA) is 76.5 Å². The first kappa shape index (κ1) is 16.9. The minimum Gasteiger partial charge on any atom is -0.381 e. The summed E-state index contributed by atoms with van der Waals surface area (Å²) in [4.78, 5) is 0.310. The Hall–Kier alpha value is -0.960. The molecule has 7 nitrogen and oxygen atoms in total. The van der Waals surface area contributed by atoms with Gasteiger partial charge in [-0.1, -0.05) is 6.92 Å². The molecule has 0 aliphatic carbocycles. The van der Waals surface area contributed by atoms with E-state index in [4.69, 9.17) is 4.74 Å². The van der Waals surface area contributed by atoms with E-state index in [0.717, 1.165) is 38.8 Å². The molecule has 3 rings (SSSR count). The Balaban J connectivity index is 1.81. The molecule has 1 unspecified atom stereocenters. The summed E-state index contributed by atoms with van der Waals surface area (Å²) in [5, 5.41) is 7.57. The second kappa shape index (κ2) is 7.29. The van der Waals surface area contributed by atoms with Gasteiger partial charge in [0, 0.05) is 38.5 Å². The zero-order valence-electron chi connectivity index (χ0n) is 13.6. The van der Waals surface area contributed by atoms with Crippen molar-refractivity contribution in [1.29, 1.82) is 0 Å². The molecule has 2 fully saturated rings. The van der Waals surface area contributed by atoms with E-state index in [-0.39, 0.29) is 12.1 Å². The van der Waals surface area contributed by atoms with Crippen LogP contribution in [0.4, 0.5) is 0 Å². The standard InChI is InChI=1S/C15H26N4O3S/c1-2-7-19(14-3-6-16-10-14)23(20,21)15-11-17-18(12-15)13-4-8-22-9-5-13/h11-14,16H,2-10H2,1H3. The molecule has 8 heteroatoms. The lowest BCUT2D eigenvalue weighted by molar-refractivity contribution is 0.0662. The number of nitrogens with one attached hydrogen (secondary N) is 1. The van der Waals surface area contributed by atoms with Crippen molar-refractivity contribution < 1.29 is 13.2 Å². The van der Waals surface area contributed by atoms with E-state index in [9.17, 15) is 8.42 Å². The minimum absolute atomic E-state index is 0.0476. The summed E-state index contributed by atoms with van der Waals surface area (Å²) in [7, 11) is -3.49. The molecule has 0 bridgehead atoms. The number of hydrogen-bond donors (Lipinski definition) is 1. The molecule has 2 aliphatic heterocycles. The number of nitrogens with zero attached hydrogens (tertiary/aromatic N) is 3. The summed E-state index contributed by atoms with van der Waals surface area (Å²) in [5.41, 5.74) is 0. The molecular formula is C15H26N4O3S. The third kappa shape index (κ3) is 3.60. The summed E-state index contributed by atoms with van der Waals surface area (Å²) in [6, 6.07) is 0.284. The van der Waals surface area contributed by atoms with Gasteiger partial charge in [-0.2, -0.15) is 9.40 Å². The molecule has 1 aromatic heterocycles. The molecule has 23 heavy (non-hydrogen) atoms. The van der Waals surface area contributed by atoms with Crippen LogP contribution in [-0.2, 0) is 14.8 Å². The van der Waals surface area contributed by atoms with E-state index in [1.807, 2.05) is 6.92 Å². The van der Waals surface area contributed by atoms with Gasteiger partial charge in [0.2, 0.25) is 10.0 Å². The van der Waals surface area contributed by atoms with Gasteiger partial charge in [-0.15, -0.1) is 0 Å².